The van der Waals surface area contributed by atoms with Crippen LogP contribution in [0.15, 0.2) is 12.1 Å². The maximum atomic E-state index is 12.4. The second-order valence-electron chi connectivity index (χ2n) is 6.29. The molecule has 0 atom stereocenters. The molecule has 1 heterocycles. The van der Waals surface area contributed by atoms with Crippen molar-refractivity contribution in [1.29, 1.82) is 0 Å². The zero-order valence-corrected chi connectivity index (χ0v) is 16.7. The molecule has 1 fully saturated rings. The number of likely N-dealkylation sites (tertiary alicyclic amines) is 1. The van der Waals surface area contributed by atoms with Crippen LogP contribution >= 0.6 is 0 Å². The molecule has 4 heteroatoms. The molecule has 0 spiro atoms. The first kappa shape index (κ1) is 18.8. The topological polar surface area (TPSA) is 29.1 Å². The molecule has 0 aromatic heterocycles. The van der Waals surface area contributed by atoms with Crippen molar-refractivity contribution in [1.82, 2.24) is 0 Å². The van der Waals surface area contributed by atoms with Crippen molar-refractivity contribution in [2.75, 3.05) is 31.5 Å². The summed E-state index contributed by atoms with van der Waals surface area (Å²) >= 11 is 0. The fourth-order valence-corrected chi connectivity index (χ4v) is 3.45. The maximum Gasteiger partial charge on any atom is 0.279 e. The molecule has 1 N–H and O–H groups in total. The molecular formula is C17H27N2OY+. The molecule has 2 rings (SSSR count). The Hall–Kier alpha value is -0.246. The molecule has 113 valence electrons. The molecule has 1 amide bonds. The molecular weight excluding hydrogens is 337 g/mol. The SMILES string of the molecule is CC[N+]1(CC(=O)Nc2c(C)cc(C)cc2C)CCCC1.[Y]. The standard InChI is InChI=1S/C17H26N2O.Y/c1-5-19(8-6-7-9-19)12-16(20)18-17-14(3)10-13(2)11-15(17)4;/h10-11H,5-9,12H2,1-4H3;/p+1. The Balaban J connectivity index is 0.00000220. The van der Waals surface area contributed by atoms with Crippen LogP contribution in [0.25, 0.3) is 0 Å². The van der Waals surface area contributed by atoms with E-state index in [-0.39, 0.29) is 38.6 Å². The van der Waals surface area contributed by atoms with Gasteiger partial charge in [0.2, 0.25) is 0 Å². The van der Waals surface area contributed by atoms with Gasteiger partial charge in [-0.25, -0.2) is 0 Å². The number of quaternary nitrogens is 1. The van der Waals surface area contributed by atoms with Gasteiger partial charge in [0.15, 0.2) is 6.54 Å². The van der Waals surface area contributed by atoms with E-state index in [1.54, 1.807) is 0 Å². The van der Waals surface area contributed by atoms with Gasteiger partial charge in [-0.05, 0) is 38.8 Å². The molecule has 21 heavy (non-hydrogen) atoms. The van der Waals surface area contributed by atoms with Crippen molar-refractivity contribution >= 4 is 11.6 Å². The average molecular weight is 364 g/mol. The number of benzene rings is 1. The minimum Gasteiger partial charge on any atom is -0.321 e. The molecule has 0 unspecified atom stereocenters. The van der Waals surface area contributed by atoms with Gasteiger partial charge in [-0.1, -0.05) is 17.7 Å². The van der Waals surface area contributed by atoms with Crippen molar-refractivity contribution in [3.05, 3.63) is 28.8 Å². The minimum atomic E-state index is 0. The second-order valence-corrected chi connectivity index (χ2v) is 6.29. The Kier molecular flexibility index (Phi) is 7.03. The van der Waals surface area contributed by atoms with Crippen LogP contribution in [0.3, 0.4) is 0 Å². The number of aryl methyl sites for hydroxylation is 3. The smallest absolute Gasteiger partial charge is 0.279 e. The number of hydrogen-bond donors (Lipinski definition) is 1. The molecule has 1 aromatic rings. The van der Waals surface area contributed by atoms with Crippen LogP contribution in [0, 0.1) is 20.8 Å². The minimum absolute atomic E-state index is 0. The van der Waals surface area contributed by atoms with Gasteiger partial charge < -0.3 is 9.80 Å². The van der Waals surface area contributed by atoms with Crippen LogP contribution in [0.5, 0.6) is 0 Å². The van der Waals surface area contributed by atoms with E-state index in [9.17, 15) is 4.79 Å². The summed E-state index contributed by atoms with van der Waals surface area (Å²) in [6.07, 6.45) is 2.51. The molecule has 0 saturated carbocycles. The number of anilines is 1. The van der Waals surface area contributed by atoms with Crippen LogP contribution in [0.2, 0.25) is 0 Å². The van der Waals surface area contributed by atoms with Gasteiger partial charge in [0.25, 0.3) is 5.91 Å². The Morgan fingerprint density at radius 2 is 1.67 bits per heavy atom. The fraction of sp³-hybridized carbons (Fsp3) is 0.588. The molecule has 3 nitrogen and oxygen atoms in total. The zero-order valence-electron chi connectivity index (χ0n) is 13.8. The van der Waals surface area contributed by atoms with E-state index >= 15 is 0 Å². The molecule has 0 aliphatic carbocycles. The van der Waals surface area contributed by atoms with E-state index < -0.39 is 0 Å². The third-order valence-corrected chi connectivity index (χ3v) is 4.61. The average Bonchev–Trinajstić information content (AvgIpc) is 2.83. The first-order valence-corrected chi connectivity index (χ1v) is 7.68. The summed E-state index contributed by atoms with van der Waals surface area (Å²) in [4.78, 5) is 12.4. The van der Waals surface area contributed by atoms with E-state index in [0.29, 0.717) is 6.54 Å². The van der Waals surface area contributed by atoms with Crippen molar-refractivity contribution in [3.8, 4) is 0 Å². The van der Waals surface area contributed by atoms with E-state index in [0.717, 1.165) is 40.9 Å². The normalized spacial score (nSPS) is 16.4. The summed E-state index contributed by atoms with van der Waals surface area (Å²) in [7, 11) is 0. The zero-order chi connectivity index (χ0) is 14.8. The summed E-state index contributed by atoms with van der Waals surface area (Å²) in [5.41, 5.74) is 4.55. The Labute approximate surface area is 154 Å². The third-order valence-electron chi connectivity index (χ3n) is 4.61. The maximum absolute atomic E-state index is 12.4. The van der Waals surface area contributed by atoms with Gasteiger partial charge >= 0.3 is 0 Å². The number of nitrogens with zero attached hydrogens (tertiary/aromatic N) is 1. The van der Waals surface area contributed by atoms with Gasteiger partial charge in [0, 0.05) is 51.2 Å². The van der Waals surface area contributed by atoms with Gasteiger partial charge in [-0.15, -0.1) is 0 Å². The summed E-state index contributed by atoms with van der Waals surface area (Å²) in [6.45, 7) is 12.4. The Morgan fingerprint density at radius 1 is 1.14 bits per heavy atom. The first-order valence-electron chi connectivity index (χ1n) is 7.68. The summed E-state index contributed by atoms with van der Waals surface area (Å²) < 4.78 is 0.954. The van der Waals surface area contributed by atoms with E-state index in [1.165, 1.54) is 18.4 Å². The number of likely N-dealkylation sites (N-methyl/N-ethyl adjacent to an activating group) is 1. The third kappa shape index (κ3) is 4.61. The monoisotopic (exact) mass is 364 g/mol. The van der Waals surface area contributed by atoms with Gasteiger partial charge in [0.1, 0.15) is 0 Å². The van der Waals surface area contributed by atoms with Gasteiger partial charge in [-0.3, -0.25) is 4.79 Å². The van der Waals surface area contributed by atoms with Crippen LogP contribution in [0.1, 0.15) is 36.5 Å². The van der Waals surface area contributed by atoms with Crippen LogP contribution in [-0.4, -0.2) is 36.6 Å². The largest absolute Gasteiger partial charge is 0.321 e. The van der Waals surface area contributed by atoms with Crippen LogP contribution in [-0.2, 0) is 37.5 Å². The Bertz CT molecular complexity index is 485. The van der Waals surface area contributed by atoms with Gasteiger partial charge in [-0.2, -0.15) is 0 Å². The molecule has 1 saturated heterocycles. The fourth-order valence-electron chi connectivity index (χ4n) is 3.45. The number of amides is 1. The summed E-state index contributed by atoms with van der Waals surface area (Å²) in [6, 6.07) is 4.26. The molecule has 1 radical (unpaired) electrons. The van der Waals surface area contributed by atoms with Crippen molar-refractivity contribution in [3.63, 3.8) is 0 Å². The van der Waals surface area contributed by atoms with E-state index in [4.69, 9.17) is 0 Å². The van der Waals surface area contributed by atoms with Crippen LogP contribution < -0.4 is 5.32 Å². The molecule has 1 aliphatic rings. The van der Waals surface area contributed by atoms with Crippen LogP contribution in [0.4, 0.5) is 5.69 Å². The number of carbonyl (C=O) groups excluding carboxylic acids is 1. The predicted octanol–water partition coefficient (Wildman–Crippen LogP) is 3.18. The van der Waals surface area contributed by atoms with Gasteiger partial charge in [0.05, 0.1) is 19.6 Å². The predicted molar refractivity (Wildman–Crippen MR) is 83.9 cm³/mol. The quantitative estimate of drug-likeness (QED) is 0.817. The van der Waals surface area contributed by atoms with Crippen molar-refractivity contribution < 1.29 is 42.0 Å². The number of hydrogen-bond acceptors (Lipinski definition) is 1. The molecule has 0 bridgehead atoms. The number of rotatable bonds is 4. The van der Waals surface area contributed by atoms with Crippen molar-refractivity contribution in [2.24, 2.45) is 0 Å². The number of nitrogens with one attached hydrogen (secondary N) is 1. The number of carbonyl (C=O) groups is 1. The summed E-state index contributed by atoms with van der Waals surface area (Å²) in [5.74, 6) is 0.156. The summed E-state index contributed by atoms with van der Waals surface area (Å²) in [5, 5.41) is 3.14. The van der Waals surface area contributed by atoms with E-state index in [1.807, 2.05) is 0 Å². The second kappa shape index (κ2) is 7.85. The van der Waals surface area contributed by atoms with E-state index in [2.05, 4.69) is 45.1 Å². The first-order chi connectivity index (χ1) is 9.46. The molecule has 1 aromatic carbocycles. The van der Waals surface area contributed by atoms with Crippen molar-refractivity contribution in [2.45, 2.75) is 40.5 Å². The molecule has 1 aliphatic heterocycles. The Morgan fingerprint density at radius 3 is 2.14 bits per heavy atom.